The Bertz CT molecular complexity index is 786. The second-order valence-corrected chi connectivity index (χ2v) is 7.44. The molecular weight excluding hydrogens is 370 g/mol. The lowest BCUT2D eigenvalue weighted by atomic mass is 10.0. The zero-order chi connectivity index (χ0) is 17.3. The van der Waals surface area contributed by atoms with Crippen molar-refractivity contribution in [2.45, 2.75) is 32.8 Å². The highest BCUT2D eigenvalue weighted by Gasteiger charge is 2.32. The summed E-state index contributed by atoms with van der Waals surface area (Å²) in [6.45, 7) is 6.00. The van der Waals surface area contributed by atoms with Gasteiger partial charge in [-0.25, -0.2) is 0 Å². The SMILES string of the molecule is Cc1cc(NC(=O)COc2cccc3c2OC(C)(C)C3)ccc1Br. The number of para-hydroxylation sites is 1. The van der Waals surface area contributed by atoms with Gasteiger partial charge in [-0.15, -0.1) is 0 Å². The first-order valence-corrected chi connectivity index (χ1v) is 8.63. The number of ether oxygens (including phenoxy) is 2. The summed E-state index contributed by atoms with van der Waals surface area (Å²) in [7, 11) is 0. The second kappa shape index (κ2) is 6.48. The predicted octanol–water partition coefficient (Wildman–Crippen LogP) is 4.49. The second-order valence-electron chi connectivity index (χ2n) is 6.58. The van der Waals surface area contributed by atoms with Crippen molar-refractivity contribution in [2.24, 2.45) is 0 Å². The minimum Gasteiger partial charge on any atom is -0.483 e. The van der Waals surface area contributed by atoms with Crippen LogP contribution in [0.1, 0.15) is 25.0 Å². The number of carbonyl (C=O) groups is 1. The Morgan fingerprint density at radius 3 is 2.88 bits per heavy atom. The molecule has 1 aliphatic rings. The average Bonchev–Trinajstić information content (AvgIpc) is 2.83. The van der Waals surface area contributed by atoms with Crippen molar-refractivity contribution < 1.29 is 14.3 Å². The third-order valence-electron chi connectivity index (χ3n) is 3.86. The molecule has 1 N–H and O–H groups in total. The van der Waals surface area contributed by atoms with Gasteiger partial charge in [0.25, 0.3) is 5.91 Å². The summed E-state index contributed by atoms with van der Waals surface area (Å²) < 4.78 is 12.6. The maximum absolute atomic E-state index is 12.1. The highest BCUT2D eigenvalue weighted by atomic mass is 79.9. The first kappa shape index (κ1) is 16.8. The van der Waals surface area contributed by atoms with E-state index in [9.17, 15) is 4.79 Å². The van der Waals surface area contributed by atoms with E-state index in [1.54, 1.807) is 0 Å². The van der Waals surface area contributed by atoms with Gasteiger partial charge in [0, 0.05) is 22.1 Å². The Labute approximate surface area is 150 Å². The molecule has 0 saturated heterocycles. The number of carbonyl (C=O) groups excluding carboxylic acids is 1. The molecule has 2 aromatic rings. The number of halogens is 1. The number of fused-ring (bicyclic) bond motifs is 1. The Balaban J connectivity index is 1.63. The topological polar surface area (TPSA) is 47.6 Å². The van der Waals surface area contributed by atoms with Crippen molar-refractivity contribution in [3.05, 3.63) is 52.0 Å². The van der Waals surface area contributed by atoms with Crippen molar-refractivity contribution in [1.29, 1.82) is 0 Å². The van der Waals surface area contributed by atoms with E-state index in [4.69, 9.17) is 9.47 Å². The number of hydrogen-bond donors (Lipinski definition) is 1. The average molecular weight is 390 g/mol. The fraction of sp³-hybridized carbons (Fsp3) is 0.316. The summed E-state index contributed by atoms with van der Waals surface area (Å²) in [5.41, 5.74) is 2.69. The molecule has 0 aromatic heterocycles. The normalized spacial score (nSPS) is 14.7. The van der Waals surface area contributed by atoms with Crippen LogP contribution in [-0.4, -0.2) is 18.1 Å². The smallest absolute Gasteiger partial charge is 0.262 e. The van der Waals surface area contributed by atoms with Gasteiger partial charge >= 0.3 is 0 Å². The number of anilines is 1. The molecule has 3 rings (SSSR count). The van der Waals surface area contributed by atoms with E-state index in [1.807, 2.05) is 57.2 Å². The highest BCUT2D eigenvalue weighted by molar-refractivity contribution is 9.10. The lowest BCUT2D eigenvalue weighted by molar-refractivity contribution is -0.118. The molecule has 0 unspecified atom stereocenters. The van der Waals surface area contributed by atoms with Gasteiger partial charge in [-0.3, -0.25) is 4.79 Å². The minimum atomic E-state index is -0.237. The van der Waals surface area contributed by atoms with E-state index in [0.717, 1.165) is 33.5 Å². The molecule has 0 fully saturated rings. The Morgan fingerprint density at radius 1 is 1.33 bits per heavy atom. The Hall–Kier alpha value is -2.01. The minimum absolute atomic E-state index is 0.0602. The molecule has 1 amide bonds. The molecule has 0 saturated carbocycles. The molecule has 2 aromatic carbocycles. The van der Waals surface area contributed by atoms with Gasteiger partial charge < -0.3 is 14.8 Å². The van der Waals surface area contributed by atoms with Crippen LogP contribution in [0.2, 0.25) is 0 Å². The zero-order valence-corrected chi connectivity index (χ0v) is 15.6. The van der Waals surface area contributed by atoms with E-state index >= 15 is 0 Å². The van der Waals surface area contributed by atoms with Crippen molar-refractivity contribution in [2.75, 3.05) is 11.9 Å². The van der Waals surface area contributed by atoms with E-state index in [-0.39, 0.29) is 18.1 Å². The van der Waals surface area contributed by atoms with E-state index in [1.165, 1.54) is 0 Å². The molecule has 1 aliphatic heterocycles. The van der Waals surface area contributed by atoms with Crippen LogP contribution in [0.4, 0.5) is 5.69 Å². The molecule has 0 aliphatic carbocycles. The van der Waals surface area contributed by atoms with Crippen LogP contribution in [0.5, 0.6) is 11.5 Å². The highest BCUT2D eigenvalue weighted by Crippen LogP contribution is 2.41. The van der Waals surface area contributed by atoms with Crippen LogP contribution in [0.25, 0.3) is 0 Å². The summed E-state index contributed by atoms with van der Waals surface area (Å²) in [6.07, 6.45) is 0.837. The standard InChI is InChI=1S/C19H20BrNO3/c1-12-9-14(7-8-15(12)20)21-17(22)11-23-16-6-4-5-13-10-19(2,3)24-18(13)16/h4-9H,10-11H2,1-3H3,(H,21,22). The third-order valence-corrected chi connectivity index (χ3v) is 4.75. The fourth-order valence-corrected chi connectivity index (χ4v) is 3.01. The van der Waals surface area contributed by atoms with Crippen molar-refractivity contribution in [3.63, 3.8) is 0 Å². The van der Waals surface area contributed by atoms with Gasteiger partial charge in [0.2, 0.25) is 0 Å². The van der Waals surface area contributed by atoms with E-state index < -0.39 is 0 Å². The molecule has 1 heterocycles. The first-order chi connectivity index (χ1) is 11.3. The van der Waals surface area contributed by atoms with Gasteiger partial charge in [0.05, 0.1) is 0 Å². The lowest BCUT2D eigenvalue weighted by Gasteiger charge is -2.18. The fourth-order valence-electron chi connectivity index (χ4n) is 2.76. The zero-order valence-electron chi connectivity index (χ0n) is 14.0. The number of nitrogens with one attached hydrogen (secondary N) is 1. The van der Waals surface area contributed by atoms with Crippen molar-refractivity contribution in [3.8, 4) is 11.5 Å². The first-order valence-electron chi connectivity index (χ1n) is 7.84. The predicted molar refractivity (Wildman–Crippen MR) is 97.9 cm³/mol. The van der Waals surface area contributed by atoms with Gasteiger partial charge in [-0.2, -0.15) is 0 Å². The van der Waals surface area contributed by atoms with Crippen LogP contribution in [0.15, 0.2) is 40.9 Å². The van der Waals surface area contributed by atoms with Crippen LogP contribution < -0.4 is 14.8 Å². The maximum Gasteiger partial charge on any atom is 0.262 e. The van der Waals surface area contributed by atoms with Gasteiger partial charge in [0.15, 0.2) is 18.1 Å². The van der Waals surface area contributed by atoms with Crippen LogP contribution in [0, 0.1) is 6.92 Å². The maximum atomic E-state index is 12.1. The number of rotatable bonds is 4. The van der Waals surface area contributed by atoms with Gasteiger partial charge in [0.1, 0.15) is 5.60 Å². The van der Waals surface area contributed by atoms with Gasteiger partial charge in [-0.1, -0.05) is 28.1 Å². The van der Waals surface area contributed by atoms with Crippen LogP contribution >= 0.6 is 15.9 Å². The largest absolute Gasteiger partial charge is 0.483 e. The lowest BCUT2D eigenvalue weighted by Crippen LogP contribution is -2.25. The molecule has 5 heteroatoms. The third kappa shape index (κ3) is 3.73. The number of benzene rings is 2. The number of hydrogen-bond acceptors (Lipinski definition) is 3. The molecule has 0 spiro atoms. The van der Waals surface area contributed by atoms with Crippen LogP contribution in [-0.2, 0) is 11.2 Å². The number of amides is 1. The quantitative estimate of drug-likeness (QED) is 0.837. The molecular formula is C19H20BrNO3. The molecule has 0 bridgehead atoms. The van der Waals surface area contributed by atoms with Crippen molar-refractivity contribution in [1.82, 2.24) is 0 Å². The summed E-state index contributed by atoms with van der Waals surface area (Å²) >= 11 is 3.44. The molecule has 0 radical (unpaired) electrons. The Morgan fingerprint density at radius 2 is 2.12 bits per heavy atom. The molecule has 24 heavy (non-hydrogen) atoms. The molecule has 0 atom stereocenters. The Kier molecular flexibility index (Phi) is 4.54. The van der Waals surface area contributed by atoms with Crippen LogP contribution in [0.3, 0.4) is 0 Å². The number of aryl methyl sites for hydroxylation is 1. The van der Waals surface area contributed by atoms with Gasteiger partial charge in [-0.05, 0) is 50.6 Å². The molecule has 4 nitrogen and oxygen atoms in total. The summed E-state index contributed by atoms with van der Waals surface area (Å²) in [4.78, 5) is 12.1. The van der Waals surface area contributed by atoms with E-state index in [0.29, 0.717) is 5.75 Å². The monoisotopic (exact) mass is 389 g/mol. The summed E-state index contributed by atoms with van der Waals surface area (Å²) in [6, 6.07) is 11.5. The molecule has 126 valence electrons. The van der Waals surface area contributed by atoms with E-state index in [2.05, 4.69) is 21.2 Å². The summed E-state index contributed by atoms with van der Waals surface area (Å²) in [5, 5.41) is 2.84. The van der Waals surface area contributed by atoms with Crippen molar-refractivity contribution >= 4 is 27.5 Å². The summed E-state index contributed by atoms with van der Waals surface area (Å²) in [5.74, 6) is 1.15.